The fourth-order valence-corrected chi connectivity index (χ4v) is 1.57. The summed E-state index contributed by atoms with van der Waals surface area (Å²) in [7, 11) is 3.32. The van der Waals surface area contributed by atoms with Crippen molar-refractivity contribution in [2.75, 3.05) is 14.1 Å². The van der Waals surface area contributed by atoms with Gasteiger partial charge in [0.2, 0.25) is 11.8 Å². The first-order valence-corrected chi connectivity index (χ1v) is 5.18. The Morgan fingerprint density at radius 3 is 2.27 bits per heavy atom. The summed E-state index contributed by atoms with van der Waals surface area (Å²) in [5.41, 5.74) is 5.10. The maximum absolute atomic E-state index is 11.7. The summed E-state index contributed by atoms with van der Waals surface area (Å²) in [6.45, 7) is 1.67. The SMILES string of the molecule is CC(NC(=O)C1(N)CCC1)C(=O)N(C)C. The molecule has 0 aromatic carbocycles. The minimum atomic E-state index is -0.735. The van der Waals surface area contributed by atoms with Crippen molar-refractivity contribution in [3.05, 3.63) is 0 Å². The van der Waals surface area contributed by atoms with Crippen molar-refractivity contribution >= 4 is 11.8 Å². The fourth-order valence-electron chi connectivity index (χ4n) is 1.57. The van der Waals surface area contributed by atoms with E-state index in [0.29, 0.717) is 12.8 Å². The van der Waals surface area contributed by atoms with E-state index >= 15 is 0 Å². The van der Waals surface area contributed by atoms with Crippen molar-refractivity contribution in [2.24, 2.45) is 5.73 Å². The lowest BCUT2D eigenvalue weighted by Crippen LogP contribution is -2.61. The third kappa shape index (κ3) is 2.47. The molecule has 0 saturated heterocycles. The molecule has 1 atom stereocenters. The van der Waals surface area contributed by atoms with Crippen molar-refractivity contribution in [1.29, 1.82) is 0 Å². The third-order valence-electron chi connectivity index (χ3n) is 2.86. The number of hydrogen-bond acceptors (Lipinski definition) is 3. The monoisotopic (exact) mass is 213 g/mol. The zero-order valence-corrected chi connectivity index (χ0v) is 9.54. The minimum absolute atomic E-state index is 0.119. The summed E-state index contributed by atoms with van der Waals surface area (Å²) in [4.78, 5) is 24.6. The number of nitrogens with zero attached hydrogens (tertiary/aromatic N) is 1. The van der Waals surface area contributed by atoms with Crippen molar-refractivity contribution in [3.63, 3.8) is 0 Å². The molecule has 0 aromatic rings. The number of nitrogens with two attached hydrogens (primary N) is 1. The minimum Gasteiger partial charge on any atom is -0.347 e. The first-order valence-electron chi connectivity index (χ1n) is 5.18. The lowest BCUT2D eigenvalue weighted by Gasteiger charge is -2.37. The van der Waals surface area contributed by atoms with E-state index in [4.69, 9.17) is 5.73 Å². The second-order valence-electron chi connectivity index (χ2n) is 4.44. The van der Waals surface area contributed by atoms with Crippen LogP contribution in [0.1, 0.15) is 26.2 Å². The van der Waals surface area contributed by atoms with Gasteiger partial charge in [0, 0.05) is 14.1 Å². The Hall–Kier alpha value is -1.10. The molecule has 1 fully saturated rings. The Balaban J connectivity index is 2.48. The number of rotatable bonds is 3. The standard InChI is InChI=1S/C10H19N3O2/c1-7(8(14)13(2)3)12-9(15)10(11)5-4-6-10/h7H,4-6,11H2,1-3H3,(H,12,15). The number of carbonyl (C=O) groups excluding carboxylic acids is 2. The Bertz CT molecular complexity index is 272. The lowest BCUT2D eigenvalue weighted by atomic mass is 9.77. The van der Waals surface area contributed by atoms with Crippen LogP contribution in [0.3, 0.4) is 0 Å². The quantitative estimate of drug-likeness (QED) is 0.661. The van der Waals surface area contributed by atoms with Gasteiger partial charge in [-0.25, -0.2) is 0 Å². The predicted molar refractivity (Wildman–Crippen MR) is 57.1 cm³/mol. The van der Waals surface area contributed by atoms with E-state index in [1.165, 1.54) is 4.90 Å². The van der Waals surface area contributed by atoms with Crippen LogP contribution in [0.2, 0.25) is 0 Å². The zero-order valence-electron chi connectivity index (χ0n) is 9.54. The molecule has 1 unspecified atom stereocenters. The van der Waals surface area contributed by atoms with Crippen LogP contribution < -0.4 is 11.1 Å². The highest BCUT2D eigenvalue weighted by Gasteiger charge is 2.40. The highest BCUT2D eigenvalue weighted by molar-refractivity contribution is 5.92. The van der Waals surface area contributed by atoms with Crippen LogP contribution in [0.5, 0.6) is 0 Å². The summed E-state index contributed by atoms with van der Waals surface area (Å²) in [5.74, 6) is -0.331. The summed E-state index contributed by atoms with van der Waals surface area (Å²) in [5, 5.41) is 2.65. The van der Waals surface area contributed by atoms with E-state index in [0.717, 1.165) is 6.42 Å². The zero-order chi connectivity index (χ0) is 11.6. The first-order chi connectivity index (χ1) is 6.87. The molecule has 1 saturated carbocycles. The molecule has 5 heteroatoms. The maximum atomic E-state index is 11.7. The molecular weight excluding hydrogens is 194 g/mol. The average Bonchev–Trinajstić information content (AvgIpc) is 2.12. The lowest BCUT2D eigenvalue weighted by molar-refractivity contribution is -0.136. The number of nitrogens with one attached hydrogen (secondary N) is 1. The summed E-state index contributed by atoms with van der Waals surface area (Å²) in [6, 6.07) is -0.506. The van der Waals surface area contributed by atoms with Crippen LogP contribution in [-0.4, -0.2) is 42.4 Å². The van der Waals surface area contributed by atoms with E-state index in [1.54, 1.807) is 21.0 Å². The average molecular weight is 213 g/mol. The fraction of sp³-hybridized carbons (Fsp3) is 0.800. The largest absolute Gasteiger partial charge is 0.347 e. The second-order valence-corrected chi connectivity index (χ2v) is 4.44. The highest BCUT2D eigenvalue weighted by atomic mass is 16.2. The van der Waals surface area contributed by atoms with Gasteiger partial charge in [-0.1, -0.05) is 0 Å². The van der Waals surface area contributed by atoms with Gasteiger partial charge < -0.3 is 16.0 Å². The van der Waals surface area contributed by atoms with Crippen molar-refractivity contribution in [2.45, 2.75) is 37.8 Å². The molecule has 0 bridgehead atoms. The normalized spacial score (nSPS) is 20.0. The highest BCUT2D eigenvalue weighted by Crippen LogP contribution is 2.29. The number of likely N-dealkylation sites (N-methyl/N-ethyl adjacent to an activating group) is 1. The molecule has 1 rings (SSSR count). The van der Waals surface area contributed by atoms with Gasteiger partial charge in [0.1, 0.15) is 6.04 Å². The van der Waals surface area contributed by atoms with Crippen molar-refractivity contribution in [1.82, 2.24) is 10.2 Å². The Morgan fingerprint density at radius 1 is 1.40 bits per heavy atom. The number of amides is 2. The van der Waals surface area contributed by atoms with Gasteiger partial charge in [-0.3, -0.25) is 9.59 Å². The van der Waals surface area contributed by atoms with Crippen LogP contribution in [0, 0.1) is 0 Å². The van der Waals surface area contributed by atoms with Gasteiger partial charge in [-0.2, -0.15) is 0 Å². The molecule has 5 nitrogen and oxygen atoms in total. The van der Waals surface area contributed by atoms with Gasteiger partial charge >= 0.3 is 0 Å². The molecule has 2 amide bonds. The van der Waals surface area contributed by atoms with Gasteiger partial charge in [0.05, 0.1) is 5.54 Å². The van der Waals surface area contributed by atoms with Gasteiger partial charge in [0.15, 0.2) is 0 Å². The van der Waals surface area contributed by atoms with Crippen LogP contribution in [0.25, 0.3) is 0 Å². The molecule has 86 valence electrons. The van der Waals surface area contributed by atoms with E-state index in [9.17, 15) is 9.59 Å². The molecule has 3 N–H and O–H groups in total. The molecule has 1 aliphatic rings. The number of carbonyl (C=O) groups is 2. The van der Waals surface area contributed by atoms with Crippen molar-refractivity contribution < 1.29 is 9.59 Å². The smallest absolute Gasteiger partial charge is 0.244 e. The molecule has 0 aliphatic heterocycles. The summed E-state index contributed by atoms with van der Waals surface area (Å²) in [6.07, 6.45) is 2.41. The third-order valence-corrected chi connectivity index (χ3v) is 2.86. The van der Waals surface area contributed by atoms with Gasteiger partial charge in [-0.15, -0.1) is 0 Å². The second kappa shape index (κ2) is 4.18. The van der Waals surface area contributed by atoms with E-state index in [2.05, 4.69) is 5.32 Å². The van der Waals surface area contributed by atoms with Crippen LogP contribution in [-0.2, 0) is 9.59 Å². The Kier molecular flexibility index (Phi) is 3.34. The first kappa shape index (κ1) is 12.0. The molecular formula is C10H19N3O2. The Morgan fingerprint density at radius 2 is 1.93 bits per heavy atom. The molecule has 0 heterocycles. The topological polar surface area (TPSA) is 75.4 Å². The van der Waals surface area contributed by atoms with Crippen LogP contribution in [0.15, 0.2) is 0 Å². The number of hydrogen-bond donors (Lipinski definition) is 2. The van der Waals surface area contributed by atoms with Crippen LogP contribution >= 0.6 is 0 Å². The van der Waals surface area contributed by atoms with Crippen LogP contribution in [0.4, 0.5) is 0 Å². The Labute approximate surface area is 90.0 Å². The maximum Gasteiger partial charge on any atom is 0.244 e. The molecule has 0 aromatic heterocycles. The van der Waals surface area contributed by atoms with E-state index in [-0.39, 0.29) is 11.8 Å². The molecule has 0 radical (unpaired) electrons. The van der Waals surface area contributed by atoms with E-state index < -0.39 is 11.6 Å². The van der Waals surface area contributed by atoms with Gasteiger partial charge in [-0.05, 0) is 26.2 Å². The van der Waals surface area contributed by atoms with Gasteiger partial charge in [0.25, 0.3) is 0 Å². The van der Waals surface area contributed by atoms with Crippen molar-refractivity contribution in [3.8, 4) is 0 Å². The molecule has 0 spiro atoms. The summed E-state index contributed by atoms with van der Waals surface area (Å²) < 4.78 is 0. The van der Waals surface area contributed by atoms with E-state index in [1.807, 2.05) is 0 Å². The molecule has 1 aliphatic carbocycles. The predicted octanol–water partition coefficient (Wildman–Crippen LogP) is -0.539. The summed E-state index contributed by atoms with van der Waals surface area (Å²) >= 11 is 0. The molecule has 15 heavy (non-hydrogen) atoms.